The van der Waals surface area contributed by atoms with Gasteiger partial charge in [-0.25, -0.2) is 0 Å². The van der Waals surface area contributed by atoms with Crippen LogP contribution in [-0.4, -0.2) is 0 Å². The largest absolute Gasteiger partial charge is 0.331 e. The first-order valence-corrected chi connectivity index (χ1v) is 5.58. The summed E-state index contributed by atoms with van der Waals surface area (Å²) in [7, 11) is 0. The first kappa shape index (κ1) is 9.42. The number of hydrogen-bond acceptors (Lipinski definition) is 6. The molecule has 0 saturated carbocycles. The Morgan fingerprint density at radius 1 is 0.857 bits per heavy atom. The van der Waals surface area contributed by atoms with E-state index in [1.807, 2.05) is 36.7 Å². The highest BCUT2D eigenvalue weighted by atomic mass is 32.2. The van der Waals surface area contributed by atoms with E-state index >= 15 is 0 Å². The molecule has 14 heavy (non-hydrogen) atoms. The second-order valence-corrected chi connectivity index (χ2v) is 4.08. The monoisotopic (exact) mass is 224 g/mol. The van der Waals surface area contributed by atoms with Gasteiger partial charge in [-0.3, -0.25) is 0 Å². The minimum atomic E-state index is 0.851. The Balaban J connectivity index is 1.98. The minimum Gasteiger partial charge on any atom is -0.331 e. The maximum Gasteiger partial charge on any atom is 0.139 e. The van der Waals surface area contributed by atoms with E-state index in [0.29, 0.717) is 0 Å². The zero-order valence-corrected chi connectivity index (χ0v) is 8.81. The summed E-state index contributed by atoms with van der Waals surface area (Å²) in [4.78, 5) is 0. The number of azo groups is 1. The summed E-state index contributed by atoms with van der Waals surface area (Å²) in [6.07, 6.45) is 11.3. The Morgan fingerprint density at radius 3 is 1.71 bits per heavy atom. The van der Waals surface area contributed by atoms with Crippen molar-refractivity contribution in [3.05, 3.63) is 46.8 Å². The summed E-state index contributed by atoms with van der Waals surface area (Å²) >= 11 is 2.88. The fraction of sp³-hybridized carbons (Fsp3) is 0. The van der Waals surface area contributed by atoms with Crippen LogP contribution in [0.4, 0.5) is 0 Å². The van der Waals surface area contributed by atoms with E-state index in [2.05, 4.69) is 19.7 Å². The van der Waals surface area contributed by atoms with Gasteiger partial charge in [0.2, 0.25) is 0 Å². The van der Waals surface area contributed by atoms with Crippen LogP contribution in [0.5, 0.6) is 0 Å². The maximum absolute atomic E-state index is 4.08. The second-order valence-electron chi connectivity index (χ2n) is 2.37. The van der Waals surface area contributed by atoms with Crippen molar-refractivity contribution in [2.45, 2.75) is 0 Å². The average molecular weight is 224 g/mol. The van der Waals surface area contributed by atoms with Crippen molar-refractivity contribution in [2.24, 2.45) is 10.2 Å². The van der Waals surface area contributed by atoms with E-state index < -0.39 is 0 Å². The lowest BCUT2D eigenvalue weighted by atomic mass is 10.6. The lowest BCUT2D eigenvalue weighted by Gasteiger charge is -2.05. The fourth-order valence-electron chi connectivity index (χ4n) is 0.802. The van der Waals surface area contributed by atoms with Crippen LogP contribution >= 0.6 is 23.9 Å². The number of nitrogens with zero attached hydrogens (tertiary/aromatic N) is 2. The summed E-state index contributed by atoms with van der Waals surface area (Å²) < 4.78 is 5.96. The summed E-state index contributed by atoms with van der Waals surface area (Å²) in [5, 5.41) is 9.86. The van der Waals surface area contributed by atoms with E-state index in [9.17, 15) is 0 Å². The second kappa shape index (κ2) is 4.92. The first-order valence-electron chi connectivity index (χ1n) is 3.95. The average Bonchev–Trinajstić information content (AvgIpc) is 2.29. The zero-order valence-electron chi connectivity index (χ0n) is 7.18. The molecule has 0 aromatic carbocycles. The van der Waals surface area contributed by atoms with E-state index in [4.69, 9.17) is 0 Å². The molecule has 4 nitrogen and oxygen atoms in total. The Morgan fingerprint density at radius 2 is 1.36 bits per heavy atom. The Bertz CT molecular complexity index is 320. The van der Waals surface area contributed by atoms with Crippen molar-refractivity contribution in [3.63, 3.8) is 0 Å². The van der Waals surface area contributed by atoms with Crippen LogP contribution in [0.2, 0.25) is 0 Å². The van der Waals surface area contributed by atoms with E-state index in [-0.39, 0.29) is 0 Å². The number of hydrogen-bond donors (Lipinski definition) is 2. The SMILES string of the molecule is C1=CNSC(N=NC2=CC=CNS2)=C1. The molecule has 2 N–H and O–H groups in total. The van der Waals surface area contributed by atoms with Gasteiger partial charge in [0.05, 0.1) is 0 Å². The number of allylic oxidation sites excluding steroid dienone is 4. The highest BCUT2D eigenvalue weighted by Crippen LogP contribution is 2.22. The molecular weight excluding hydrogens is 216 g/mol. The molecule has 2 rings (SSSR count). The van der Waals surface area contributed by atoms with Crippen molar-refractivity contribution in [1.82, 2.24) is 9.44 Å². The molecule has 2 aliphatic heterocycles. The van der Waals surface area contributed by atoms with Crippen LogP contribution < -0.4 is 9.44 Å². The molecule has 6 heteroatoms. The van der Waals surface area contributed by atoms with Crippen LogP contribution in [0.15, 0.2) is 57.0 Å². The molecule has 72 valence electrons. The summed E-state index contributed by atoms with van der Waals surface area (Å²) in [6, 6.07) is 0. The van der Waals surface area contributed by atoms with E-state index in [0.717, 1.165) is 10.1 Å². The Labute approximate surface area is 90.6 Å². The van der Waals surface area contributed by atoms with Crippen molar-refractivity contribution >= 4 is 23.9 Å². The Kier molecular flexibility index (Phi) is 3.31. The van der Waals surface area contributed by atoms with Gasteiger partial charge in [0, 0.05) is 36.3 Å². The van der Waals surface area contributed by atoms with Gasteiger partial charge >= 0.3 is 0 Å². The molecule has 0 saturated heterocycles. The standard InChI is InChI=1S/C8H8N4S2/c1-3-7(13-9-5-1)11-12-8-4-2-6-10-14-8/h1-6,9-10H. The van der Waals surface area contributed by atoms with Gasteiger partial charge in [-0.05, 0) is 24.3 Å². The molecule has 2 aliphatic rings. The van der Waals surface area contributed by atoms with Gasteiger partial charge in [0.25, 0.3) is 0 Å². The van der Waals surface area contributed by atoms with Gasteiger partial charge < -0.3 is 9.44 Å². The predicted octanol–water partition coefficient (Wildman–Crippen LogP) is 2.65. The van der Waals surface area contributed by atoms with Gasteiger partial charge in [0.1, 0.15) is 10.1 Å². The molecule has 2 heterocycles. The minimum absolute atomic E-state index is 0.851. The number of nitrogens with one attached hydrogen (secondary N) is 2. The zero-order chi connectivity index (χ0) is 9.64. The van der Waals surface area contributed by atoms with Crippen molar-refractivity contribution in [2.75, 3.05) is 0 Å². The molecule has 0 fully saturated rings. The molecule has 0 amide bonds. The fourth-order valence-corrected chi connectivity index (χ4v) is 1.79. The van der Waals surface area contributed by atoms with E-state index in [1.54, 1.807) is 0 Å². The normalized spacial score (nSPS) is 20.0. The smallest absolute Gasteiger partial charge is 0.139 e. The van der Waals surface area contributed by atoms with Crippen LogP contribution in [0.25, 0.3) is 0 Å². The topological polar surface area (TPSA) is 48.8 Å². The molecule has 0 aromatic heterocycles. The lowest BCUT2D eigenvalue weighted by Crippen LogP contribution is -1.95. The van der Waals surface area contributed by atoms with E-state index in [1.165, 1.54) is 23.9 Å². The van der Waals surface area contributed by atoms with Gasteiger partial charge in [-0.2, -0.15) is 0 Å². The highest BCUT2D eigenvalue weighted by Gasteiger charge is 2.00. The molecule has 0 radical (unpaired) electrons. The summed E-state index contributed by atoms with van der Waals surface area (Å²) in [5.74, 6) is 0. The van der Waals surface area contributed by atoms with Gasteiger partial charge in [0.15, 0.2) is 0 Å². The third-order valence-electron chi connectivity index (χ3n) is 1.38. The van der Waals surface area contributed by atoms with Crippen molar-refractivity contribution in [1.29, 1.82) is 0 Å². The molecule has 0 unspecified atom stereocenters. The molecular formula is C8H8N4S2. The maximum atomic E-state index is 4.08. The lowest BCUT2D eigenvalue weighted by molar-refractivity contribution is 1.17. The first-order chi connectivity index (χ1) is 6.95. The van der Waals surface area contributed by atoms with Crippen LogP contribution in [-0.2, 0) is 0 Å². The molecule has 0 aliphatic carbocycles. The molecule has 0 bridgehead atoms. The molecule has 0 spiro atoms. The number of rotatable bonds is 2. The van der Waals surface area contributed by atoms with Gasteiger partial charge in [-0.15, -0.1) is 10.2 Å². The molecule has 0 aromatic rings. The van der Waals surface area contributed by atoms with Crippen LogP contribution in [0, 0.1) is 0 Å². The summed E-state index contributed by atoms with van der Waals surface area (Å²) in [6.45, 7) is 0. The molecule has 0 atom stereocenters. The third kappa shape index (κ3) is 2.68. The van der Waals surface area contributed by atoms with Crippen LogP contribution in [0.3, 0.4) is 0 Å². The third-order valence-corrected chi connectivity index (χ3v) is 2.74. The summed E-state index contributed by atoms with van der Waals surface area (Å²) in [5.41, 5.74) is 0. The van der Waals surface area contributed by atoms with Crippen molar-refractivity contribution < 1.29 is 0 Å². The van der Waals surface area contributed by atoms with Crippen LogP contribution in [0.1, 0.15) is 0 Å². The van der Waals surface area contributed by atoms with Gasteiger partial charge in [-0.1, -0.05) is 0 Å². The Hall–Kier alpha value is -1.14. The highest BCUT2D eigenvalue weighted by molar-refractivity contribution is 8.01. The quantitative estimate of drug-likeness (QED) is 0.559. The predicted molar refractivity (Wildman–Crippen MR) is 60.8 cm³/mol. The van der Waals surface area contributed by atoms with Crippen molar-refractivity contribution in [3.8, 4) is 0 Å².